The molecule has 2 aromatic rings. The van der Waals surface area contributed by atoms with Gasteiger partial charge in [-0.15, -0.1) is 0 Å². The minimum atomic E-state index is 0.00882. The zero-order chi connectivity index (χ0) is 16.2. The first-order chi connectivity index (χ1) is 11.2. The van der Waals surface area contributed by atoms with E-state index in [1.54, 1.807) is 0 Å². The number of carbonyl (C=O) groups excluding carboxylic acids is 1. The van der Waals surface area contributed by atoms with Gasteiger partial charge in [-0.2, -0.15) is 0 Å². The van der Waals surface area contributed by atoms with Crippen molar-refractivity contribution in [2.75, 3.05) is 18.5 Å². The Morgan fingerprint density at radius 1 is 1.22 bits per heavy atom. The van der Waals surface area contributed by atoms with Crippen LogP contribution in [0.2, 0.25) is 5.02 Å². The third kappa shape index (κ3) is 3.41. The van der Waals surface area contributed by atoms with Crippen LogP contribution in [-0.4, -0.2) is 19.5 Å². The van der Waals surface area contributed by atoms with Crippen molar-refractivity contribution in [2.45, 2.75) is 19.3 Å². The highest BCUT2D eigenvalue weighted by Crippen LogP contribution is 2.38. The fourth-order valence-corrected chi connectivity index (χ4v) is 3.38. The normalized spacial score (nSPS) is 17.2. The molecule has 0 aromatic heterocycles. The molecular weight excluding hydrogens is 308 g/mol. The molecule has 1 aliphatic heterocycles. The predicted molar refractivity (Wildman–Crippen MR) is 95.4 cm³/mol. The molecule has 4 heteroatoms. The summed E-state index contributed by atoms with van der Waals surface area (Å²) in [5.41, 5.74) is 3.02. The number of nitrogens with zero attached hydrogens (tertiary/aromatic N) is 1. The summed E-state index contributed by atoms with van der Waals surface area (Å²) in [6, 6.07) is 15.6. The van der Waals surface area contributed by atoms with Gasteiger partial charge in [-0.25, -0.2) is 0 Å². The number of benzene rings is 2. The zero-order valence-corrected chi connectivity index (χ0v) is 14.0. The summed E-state index contributed by atoms with van der Waals surface area (Å²) in [5, 5.41) is 3.87. The molecule has 1 atom stereocenters. The van der Waals surface area contributed by atoms with Crippen LogP contribution in [0.25, 0.3) is 0 Å². The maximum Gasteiger partial charge on any atom is 0.234 e. The number of hydrogen-bond acceptors (Lipinski definition) is 2. The Balaban J connectivity index is 1.97. The largest absolute Gasteiger partial charge is 0.320 e. The van der Waals surface area contributed by atoms with Crippen molar-refractivity contribution in [2.24, 2.45) is 5.92 Å². The summed E-state index contributed by atoms with van der Waals surface area (Å²) in [5.74, 6) is 0.191. The maximum atomic E-state index is 13.0. The average molecular weight is 329 g/mol. The second-order valence-corrected chi connectivity index (χ2v) is 6.37. The van der Waals surface area contributed by atoms with Crippen LogP contribution in [0.5, 0.6) is 0 Å². The van der Waals surface area contributed by atoms with Crippen LogP contribution in [0.1, 0.15) is 18.4 Å². The molecule has 0 bridgehead atoms. The van der Waals surface area contributed by atoms with E-state index >= 15 is 0 Å². The predicted octanol–water partition coefficient (Wildman–Crippen LogP) is 4.18. The lowest BCUT2D eigenvalue weighted by molar-refractivity contribution is -0.122. The van der Waals surface area contributed by atoms with Gasteiger partial charge < -0.3 is 5.32 Å². The minimum absolute atomic E-state index is 0.00882. The van der Waals surface area contributed by atoms with Crippen LogP contribution >= 0.6 is 11.6 Å². The molecule has 0 saturated carbocycles. The molecule has 3 nitrogen and oxygen atoms in total. The van der Waals surface area contributed by atoms with Gasteiger partial charge in [0.1, 0.15) is 0 Å². The highest BCUT2D eigenvalue weighted by atomic mass is 35.5. The van der Waals surface area contributed by atoms with E-state index in [1.165, 1.54) is 0 Å². The molecule has 0 aliphatic carbocycles. The first-order valence-electron chi connectivity index (χ1n) is 8.02. The Morgan fingerprint density at radius 2 is 2.00 bits per heavy atom. The Hall–Kier alpha value is -1.84. The lowest BCUT2D eigenvalue weighted by Crippen LogP contribution is -2.38. The van der Waals surface area contributed by atoms with E-state index in [9.17, 15) is 4.79 Å². The number of amides is 1. The number of fused-ring (bicyclic) bond motifs is 1. The SMILES string of the molecule is CNCCCC1Cc2cc(Cl)ccc2N(c2ccccc2)C1=O. The molecule has 1 N–H and O–H groups in total. The molecule has 0 fully saturated rings. The standard InChI is InChI=1S/C19H21ClN2O/c1-21-11-5-6-14-12-15-13-16(20)9-10-18(15)22(19(14)23)17-7-3-2-4-8-17/h2-4,7-10,13-14,21H,5-6,11-12H2,1H3. The minimum Gasteiger partial charge on any atom is -0.320 e. The molecule has 0 spiro atoms. The zero-order valence-electron chi connectivity index (χ0n) is 13.3. The van der Waals surface area contributed by atoms with Gasteiger partial charge in [-0.05, 0) is 68.8 Å². The van der Waals surface area contributed by atoms with Crippen LogP contribution < -0.4 is 10.2 Å². The van der Waals surface area contributed by atoms with Gasteiger partial charge in [0.15, 0.2) is 0 Å². The number of hydrogen-bond donors (Lipinski definition) is 1. The summed E-state index contributed by atoms with van der Waals surface area (Å²) >= 11 is 6.17. The molecule has 1 aliphatic rings. The first-order valence-corrected chi connectivity index (χ1v) is 8.40. The van der Waals surface area contributed by atoms with Gasteiger partial charge in [-0.3, -0.25) is 9.69 Å². The molecule has 1 heterocycles. The van der Waals surface area contributed by atoms with Crippen molar-refractivity contribution < 1.29 is 4.79 Å². The Bertz CT molecular complexity index is 687. The second kappa shape index (κ2) is 7.16. The molecule has 1 unspecified atom stereocenters. The smallest absolute Gasteiger partial charge is 0.234 e. The molecular formula is C19H21ClN2O. The quantitative estimate of drug-likeness (QED) is 0.835. The summed E-state index contributed by atoms with van der Waals surface area (Å²) < 4.78 is 0. The van der Waals surface area contributed by atoms with Gasteiger partial charge in [-0.1, -0.05) is 29.8 Å². The van der Waals surface area contributed by atoms with Crippen molar-refractivity contribution >= 4 is 28.9 Å². The van der Waals surface area contributed by atoms with Gasteiger partial charge in [0.25, 0.3) is 0 Å². The topological polar surface area (TPSA) is 32.3 Å². The van der Waals surface area contributed by atoms with Crippen LogP contribution in [0.3, 0.4) is 0 Å². The maximum absolute atomic E-state index is 13.0. The first kappa shape index (κ1) is 16.0. The van der Waals surface area contributed by atoms with Crippen LogP contribution in [0.4, 0.5) is 11.4 Å². The van der Waals surface area contributed by atoms with Gasteiger partial charge in [0, 0.05) is 16.6 Å². The summed E-state index contributed by atoms with van der Waals surface area (Å²) in [7, 11) is 1.94. The Labute approximate surface area is 142 Å². The van der Waals surface area contributed by atoms with E-state index in [2.05, 4.69) is 5.32 Å². The molecule has 120 valence electrons. The van der Waals surface area contributed by atoms with Gasteiger partial charge in [0.05, 0.1) is 5.69 Å². The molecule has 3 rings (SSSR count). The fourth-order valence-electron chi connectivity index (χ4n) is 3.18. The third-order valence-electron chi connectivity index (χ3n) is 4.31. The Morgan fingerprint density at radius 3 is 2.74 bits per heavy atom. The molecule has 23 heavy (non-hydrogen) atoms. The summed E-state index contributed by atoms with van der Waals surface area (Å²) in [4.78, 5) is 14.9. The number of nitrogens with one attached hydrogen (secondary N) is 1. The molecule has 2 aromatic carbocycles. The van der Waals surface area contributed by atoms with E-state index in [4.69, 9.17) is 11.6 Å². The fraction of sp³-hybridized carbons (Fsp3) is 0.316. The number of rotatable bonds is 5. The average Bonchev–Trinajstić information content (AvgIpc) is 2.56. The Kier molecular flexibility index (Phi) is 4.99. The van der Waals surface area contributed by atoms with E-state index in [1.807, 2.05) is 60.5 Å². The monoisotopic (exact) mass is 328 g/mol. The van der Waals surface area contributed by atoms with Gasteiger partial charge >= 0.3 is 0 Å². The number of para-hydroxylation sites is 1. The number of anilines is 2. The van der Waals surface area contributed by atoms with Crippen LogP contribution in [-0.2, 0) is 11.2 Å². The van der Waals surface area contributed by atoms with Gasteiger partial charge in [0.2, 0.25) is 5.91 Å². The molecule has 1 amide bonds. The third-order valence-corrected chi connectivity index (χ3v) is 4.55. The van der Waals surface area contributed by atoms with Crippen molar-refractivity contribution in [3.05, 3.63) is 59.1 Å². The molecule has 0 radical (unpaired) electrons. The highest BCUT2D eigenvalue weighted by molar-refractivity contribution is 6.30. The van der Waals surface area contributed by atoms with E-state index in [0.29, 0.717) is 0 Å². The summed E-state index contributed by atoms with van der Waals surface area (Å²) in [6.07, 6.45) is 2.64. The number of carbonyl (C=O) groups is 1. The van der Waals surface area contributed by atoms with Crippen molar-refractivity contribution in [3.8, 4) is 0 Å². The number of halogens is 1. The van der Waals surface area contributed by atoms with E-state index in [-0.39, 0.29) is 11.8 Å². The van der Waals surface area contributed by atoms with E-state index < -0.39 is 0 Å². The second-order valence-electron chi connectivity index (χ2n) is 5.93. The van der Waals surface area contributed by atoms with Crippen molar-refractivity contribution in [1.29, 1.82) is 0 Å². The highest BCUT2D eigenvalue weighted by Gasteiger charge is 2.33. The summed E-state index contributed by atoms with van der Waals surface area (Å²) in [6.45, 7) is 0.928. The lowest BCUT2D eigenvalue weighted by Gasteiger charge is -2.34. The van der Waals surface area contributed by atoms with Crippen molar-refractivity contribution in [1.82, 2.24) is 5.32 Å². The van der Waals surface area contributed by atoms with Crippen molar-refractivity contribution in [3.63, 3.8) is 0 Å². The molecule has 0 saturated heterocycles. The van der Waals surface area contributed by atoms with Crippen LogP contribution in [0, 0.1) is 5.92 Å². The van der Waals surface area contributed by atoms with E-state index in [0.717, 1.165) is 47.8 Å². The lowest BCUT2D eigenvalue weighted by atomic mass is 9.88. The van der Waals surface area contributed by atoms with Crippen LogP contribution in [0.15, 0.2) is 48.5 Å².